The molecule has 3 aromatic carbocycles. The molecular formula is C24H20N4O5S. The van der Waals surface area contributed by atoms with E-state index in [1.54, 1.807) is 19.1 Å². The fourth-order valence-electron chi connectivity index (χ4n) is 3.71. The molecule has 0 saturated heterocycles. The van der Waals surface area contributed by atoms with Crippen LogP contribution in [0.2, 0.25) is 0 Å². The molecule has 9 nitrogen and oxygen atoms in total. The quantitative estimate of drug-likeness (QED) is 0.295. The topological polar surface area (TPSA) is 137 Å². The molecule has 4 N–H and O–H groups in total. The number of carbonyl (C=O) groups excluding carboxylic acids is 1. The molecule has 5 rings (SSSR count). The number of carbonyl (C=O) groups is 1. The number of rotatable bonds is 6. The van der Waals surface area contributed by atoms with Gasteiger partial charge in [-0.25, -0.2) is 13.2 Å². The van der Waals surface area contributed by atoms with Crippen molar-refractivity contribution in [2.45, 2.75) is 17.9 Å². The monoisotopic (exact) mass is 476 g/mol. The zero-order valence-corrected chi connectivity index (χ0v) is 18.8. The summed E-state index contributed by atoms with van der Waals surface area (Å²) in [6.45, 7) is 1.79. The summed E-state index contributed by atoms with van der Waals surface area (Å²) in [6.07, 6.45) is 0. The normalized spacial score (nSPS) is 12.6. The van der Waals surface area contributed by atoms with Crippen LogP contribution in [0.25, 0.3) is 22.0 Å². The highest BCUT2D eigenvalue weighted by molar-refractivity contribution is 7.92. The van der Waals surface area contributed by atoms with Crippen LogP contribution in [0.5, 0.6) is 0 Å². The van der Waals surface area contributed by atoms with E-state index < -0.39 is 27.7 Å². The minimum atomic E-state index is -4.03. The molecule has 0 fully saturated rings. The van der Waals surface area contributed by atoms with Crippen LogP contribution >= 0.6 is 0 Å². The first kappa shape index (κ1) is 21.5. The summed E-state index contributed by atoms with van der Waals surface area (Å²) in [5.41, 5.74) is 1.41. The Morgan fingerprint density at radius 2 is 1.68 bits per heavy atom. The molecule has 1 amide bonds. The Morgan fingerprint density at radius 1 is 0.941 bits per heavy atom. The minimum Gasteiger partial charge on any atom is -0.459 e. The highest BCUT2D eigenvalue weighted by Gasteiger charge is 2.21. The van der Waals surface area contributed by atoms with Crippen molar-refractivity contribution >= 4 is 43.6 Å². The van der Waals surface area contributed by atoms with E-state index in [0.29, 0.717) is 22.4 Å². The average molecular weight is 477 g/mol. The van der Waals surface area contributed by atoms with Crippen LogP contribution in [0.3, 0.4) is 0 Å². The summed E-state index contributed by atoms with van der Waals surface area (Å²) in [4.78, 5) is 29.6. The molecule has 10 heteroatoms. The Labute approximate surface area is 193 Å². The molecule has 0 bridgehead atoms. The summed E-state index contributed by atoms with van der Waals surface area (Å²) >= 11 is 0. The Hall–Kier alpha value is -4.31. The number of fused-ring (bicyclic) bond motifs is 2. The number of hydrogen-bond donors (Lipinski definition) is 4. The molecule has 2 aromatic heterocycles. The predicted octanol–water partition coefficient (Wildman–Crippen LogP) is 3.89. The van der Waals surface area contributed by atoms with Crippen molar-refractivity contribution in [1.29, 1.82) is 0 Å². The van der Waals surface area contributed by atoms with Crippen LogP contribution in [-0.2, 0) is 10.0 Å². The third-order valence-electron chi connectivity index (χ3n) is 5.43. The van der Waals surface area contributed by atoms with Crippen molar-refractivity contribution in [2.75, 3.05) is 4.72 Å². The zero-order chi connectivity index (χ0) is 23.9. The SMILES string of the molecule is CC(NC(=O)c1ccccc1NS(=O)(=O)c1ccc2[nH]c(=O)[nH]c2c1)c1cc2ccccc2o1. The number of aromatic amines is 2. The van der Waals surface area contributed by atoms with E-state index in [-0.39, 0.29) is 16.1 Å². The van der Waals surface area contributed by atoms with Gasteiger partial charge in [-0.15, -0.1) is 0 Å². The second kappa shape index (κ2) is 8.23. The van der Waals surface area contributed by atoms with E-state index in [1.807, 2.05) is 30.3 Å². The lowest BCUT2D eigenvalue weighted by Gasteiger charge is -2.15. The van der Waals surface area contributed by atoms with Gasteiger partial charge in [0.15, 0.2) is 0 Å². The lowest BCUT2D eigenvalue weighted by Crippen LogP contribution is -2.27. The molecule has 5 aromatic rings. The molecule has 34 heavy (non-hydrogen) atoms. The summed E-state index contributed by atoms with van der Waals surface area (Å²) in [5, 5.41) is 3.78. The van der Waals surface area contributed by atoms with E-state index in [2.05, 4.69) is 20.0 Å². The third-order valence-corrected chi connectivity index (χ3v) is 6.80. The molecule has 0 aliphatic rings. The van der Waals surface area contributed by atoms with Gasteiger partial charge in [0.05, 0.1) is 33.2 Å². The number of nitrogens with one attached hydrogen (secondary N) is 4. The van der Waals surface area contributed by atoms with Crippen LogP contribution in [0.1, 0.15) is 29.1 Å². The first-order valence-electron chi connectivity index (χ1n) is 10.4. The third kappa shape index (κ3) is 4.06. The van der Waals surface area contributed by atoms with Crippen molar-refractivity contribution in [3.8, 4) is 0 Å². The highest BCUT2D eigenvalue weighted by Crippen LogP contribution is 2.25. The van der Waals surface area contributed by atoms with Gasteiger partial charge in [0.2, 0.25) is 0 Å². The van der Waals surface area contributed by atoms with Gasteiger partial charge in [0.1, 0.15) is 11.3 Å². The van der Waals surface area contributed by atoms with Crippen molar-refractivity contribution in [1.82, 2.24) is 15.3 Å². The lowest BCUT2D eigenvalue weighted by atomic mass is 10.1. The number of para-hydroxylation sites is 2. The van der Waals surface area contributed by atoms with Gasteiger partial charge in [0, 0.05) is 5.39 Å². The number of furan rings is 1. The molecule has 0 aliphatic heterocycles. The van der Waals surface area contributed by atoms with Crippen LogP contribution < -0.4 is 15.7 Å². The van der Waals surface area contributed by atoms with E-state index in [1.165, 1.54) is 30.3 Å². The molecule has 0 spiro atoms. The largest absolute Gasteiger partial charge is 0.459 e. The number of imidazole rings is 1. The highest BCUT2D eigenvalue weighted by atomic mass is 32.2. The second-order valence-corrected chi connectivity index (χ2v) is 9.50. The molecule has 172 valence electrons. The maximum absolute atomic E-state index is 13.0. The van der Waals surface area contributed by atoms with Gasteiger partial charge in [-0.2, -0.15) is 0 Å². The second-order valence-electron chi connectivity index (χ2n) is 7.82. The van der Waals surface area contributed by atoms with Gasteiger partial charge < -0.3 is 19.7 Å². The van der Waals surface area contributed by atoms with Crippen molar-refractivity contribution < 1.29 is 17.6 Å². The predicted molar refractivity (Wildman–Crippen MR) is 128 cm³/mol. The van der Waals surface area contributed by atoms with Crippen LogP contribution in [-0.4, -0.2) is 24.3 Å². The Kier molecular flexibility index (Phi) is 5.21. The first-order valence-corrected chi connectivity index (χ1v) is 11.9. The fraction of sp³-hybridized carbons (Fsp3) is 0.0833. The summed E-state index contributed by atoms with van der Waals surface area (Å²) in [6, 6.07) is 19.5. The standard InChI is InChI=1S/C24H20N4O5S/c1-14(22-12-15-6-2-5-9-21(15)33-22)25-23(29)17-7-3-4-8-18(17)28-34(31,32)16-10-11-19-20(13-16)27-24(30)26-19/h2-14,28H,1H3,(H,25,29)(H2,26,27,30). The minimum absolute atomic E-state index is 0.0545. The summed E-state index contributed by atoms with van der Waals surface area (Å²) in [7, 11) is -4.03. The average Bonchev–Trinajstić information content (AvgIpc) is 3.41. The van der Waals surface area contributed by atoms with Gasteiger partial charge in [-0.05, 0) is 49.4 Å². The maximum atomic E-state index is 13.0. The van der Waals surface area contributed by atoms with Gasteiger partial charge in [-0.3, -0.25) is 9.52 Å². The number of benzene rings is 3. The maximum Gasteiger partial charge on any atom is 0.323 e. The van der Waals surface area contributed by atoms with Crippen molar-refractivity contribution in [3.63, 3.8) is 0 Å². The number of H-pyrrole nitrogens is 2. The molecule has 1 unspecified atom stereocenters. The summed E-state index contributed by atoms with van der Waals surface area (Å²) in [5.74, 6) is 0.123. The van der Waals surface area contributed by atoms with Gasteiger partial charge in [0.25, 0.3) is 15.9 Å². The van der Waals surface area contributed by atoms with Crippen LogP contribution in [0.4, 0.5) is 5.69 Å². The lowest BCUT2D eigenvalue weighted by molar-refractivity contribution is 0.0936. The number of amides is 1. The number of aromatic nitrogens is 2. The molecule has 0 radical (unpaired) electrons. The van der Waals surface area contributed by atoms with Crippen molar-refractivity contribution in [2.24, 2.45) is 0 Å². The van der Waals surface area contributed by atoms with Crippen LogP contribution in [0.15, 0.2) is 86.9 Å². The van der Waals surface area contributed by atoms with E-state index in [0.717, 1.165) is 5.39 Å². The fourth-order valence-corrected chi connectivity index (χ4v) is 4.82. The molecule has 2 heterocycles. The van der Waals surface area contributed by atoms with E-state index in [4.69, 9.17) is 4.42 Å². The summed E-state index contributed by atoms with van der Waals surface area (Å²) < 4.78 is 34.3. The number of sulfonamides is 1. The Morgan fingerprint density at radius 3 is 2.50 bits per heavy atom. The molecule has 0 aliphatic carbocycles. The molecule has 1 atom stereocenters. The number of anilines is 1. The Bertz CT molecular complexity index is 1660. The van der Waals surface area contributed by atoms with Gasteiger partial charge >= 0.3 is 5.69 Å². The number of hydrogen-bond acceptors (Lipinski definition) is 5. The van der Waals surface area contributed by atoms with E-state index in [9.17, 15) is 18.0 Å². The van der Waals surface area contributed by atoms with Gasteiger partial charge in [-0.1, -0.05) is 30.3 Å². The molecule has 0 saturated carbocycles. The molecular weight excluding hydrogens is 456 g/mol. The first-order chi connectivity index (χ1) is 16.3. The smallest absolute Gasteiger partial charge is 0.323 e. The van der Waals surface area contributed by atoms with E-state index >= 15 is 0 Å². The Balaban J connectivity index is 1.39. The van der Waals surface area contributed by atoms with Crippen LogP contribution in [0, 0.1) is 0 Å². The van der Waals surface area contributed by atoms with Crippen molar-refractivity contribution in [3.05, 3.63) is 94.6 Å². The zero-order valence-electron chi connectivity index (χ0n) is 18.0.